The Hall–Kier alpha value is -6.57. The lowest BCUT2D eigenvalue weighted by Gasteiger charge is -2.37. The summed E-state index contributed by atoms with van der Waals surface area (Å²) < 4.78 is 68.3. The first kappa shape index (κ1) is 62.7. The lowest BCUT2D eigenvalue weighted by atomic mass is 9.89. The zero-order valence-corrected chi connectivity index (χ0v) is 45.6. The maximum Gasteiger partial charge on any atom is 0.432 e. The minimum absolute atomic E-state index is 0.0103. The van der Waals surface area contributed by atoms with Gasteiger partial charge in [-0.1, -0.05) is 114 Å². The van der Waals surface area contributed by atoms with E-state index < -0.39 is 132 Å². The lowest BCUT2D eigenvalue weighted by molar-refractivity contribution is -0.279. The fourth-order valence-electron chi connectivity index (χ4n) is 8.48. The van der Waals surface area contributed by atoms with E-state index in [0.29, 0.717) is 24.7 Å². The van der Waals surface area contributed by atoms with Gasteiger partial charge in [0.1, 0.15) is 36.4 Å². The van der Waals surface area contributed by atoms with Crippen molar-refractivity contribution in [3.63, 3.8) is 0 Å². The summed E-state index contributed by atoms with van der Waals surface area (Å²) >= 11 is 0. The van der Waals surface area contributed by atoms with E-state index in [9.17, 15) is 38.4 Å². The first-order valence-corrected chi connectivity index (χ1v) is 25.1. The van der Waals surface area contributed by atoms with Crippen molar-refractivity contribution in [2.75, 3.05) is 34.8 Å². The number of carbonyl (C=O) groups is 8. The Balaban J connectivity index is 2.26. The van der Waals surface area contributed by atoms with Crippen molar-refractivity contribution in [3.8, 4) is 0 Å². The second kappa shape index (κ2) is 27.8. The third kappa shape index (κ3) is 16.0. The van der Waals surface area contributed by atoms with Crippen LogP contribution in [0.4, 0.5) is 13.2 Å². The molecule has 5 amide bonds. The topological polar surface area (TPSA) is 207 Å². The predicted molar refractivity (Wildman–Crippen MR) is 273 cm³/mol. The molecule has 0 bridgehead atoms. The van der Waals surface area contributed by atoms with Crippen LogP contribution >= 0.6 is 0 Å². The van der Waals surface area contributed by atoms with E-state index in [4.69, 9.17) is 18.9 Å². The fourth-order valence-corrected chi connectivity index (χ4v) is 8.48. The Morgan fingerprint density at radius 3 is 1.97 bits per heavy atom. The molecule has 2 aromatic carbocycles. The molecule has 3 rings (SSSR count). The normalized spacial score (nSPS) is 26.3. The van der Waals surface area contributed by atoms with Gasteiger partial charge in [-0.3, -0.25) is 24.0 Å². The van der Waals surface area contributed by atoms with Crippen LogP contribution < -0.4 is 10.6 Å². The van der Waals surface area contributed by atoms with E-state index in [2.05, 4.69) is 10.6 Å². The van der Waals surface area contributed by atoms with Crippen molar-refractivity contribution >= 4 is 47.4 Å². The number of amides is 5. The average Bonchev–Trinajstić information content (AvgIpc) is 3.37. The summed E-state index contributed by atoms with van der Waals surface area (Å²) in [6, 6.07) is 9.92. The predicted octanol–water partition coefficient (Wildman–Crippen LogP) is 6.24. The molecular weight excluding hydrogens is 980 g/mol. The van der Waals surface area contributed by atoms with Crippen molar-refractivity contribution in [1.29, 1.82) is 0 Å². The van der Waals surface area contributed by atoms with Crippen molar-refractivity contribution in [1.82, 2.24) is 25.3 Å². The molecule has 17 nitrogen and oxygen atoms in total. The minimum atomic E-state index is -5.37. The molecule has 0 saturated carbocycles. The van der Waals surface area contributed by atoms with E-state index in [1.54, 1.807) is 78.0 Å². The third-order valence-corrected chi connectivity index (χ3v) is 13.8. The molecule has 10 atom stereocenters. The number of likely N-dealkylation sites (N-methyl/N-ethyl adjacent to an activating group) is 3. The molecule has 0 aromatic heterocycles. The van der Waals surface area contributed by atoms with Gasteiger partial charge in [0.05, 0.1) is 6.54 Å². The van der Waals surface area contributed by atoms with Gasteiger partial charge in [-0.05, 0) is 64.0 Å². The Morgan fingerprint density at radius 2 is 1.44 bits per heavy atom. The molecule has 75 heavy (non-hydrogen) atoms. The van der Waals surface area contributed by atoms with Crippen LogP contribution in [-0.4, -0.2) is 146 Å². The number of rotatable bonds is 11. The van der Waals surface area contributed by atoms with Crippen molar-refractivity contribution < 1.29 is 70.5 Å². The highest BCUT2D eigenvalue weighted by atomic mass is 19.4. The maximum atomic E-state index is 15.2. The number of halogens is 3. The quantitative estimate of drug-likeness (QED) is 0.146. The molecule has 0 spiro atoms. The Morgan fingerprint density at radius 1 is 0.853 bits per heavy atom. The molecule has 1 aliphatic rings. The summed E-state index contributed by atoms with van der Waals surface area (Å²) in [7, 11) is 4.79. The van der Waals surface area contributed by atoms with Gasteiger partial charge in [-0.2, -0.15) is 13.2 Å². The van der Waals surface area contributed by atoms with Crippen molar-refractivity contribution in [3.05, 3.63) is 95.1 Å². The summed E-state index contributed by atoms with van der Waals surface area (Å²) in [4.78, 5) is 116. The highest BCUT2D eigenvalue weighted by Gasteiger charge is 2.64. The number of hydrogen-bond acceptors (Lipinski definition) is 12. The number of allylic oxidation sites excluding steroid dienone is 1. The third-order valence-electron chi connectivity index (χ3n) is 13.8. The van der Waals surface area contributed by atoms with Gasteiger partial charge in [-0.15, -0.1) is 0 Å². The van der Waals surface area contributed by atoms with Gasteiger partial charge in [0.25, 0.3) is 11.5 Å². The van der Waals surface area contributed by atoms with Crippen molar-refractivity contribution in [2.24, 2.45) is 17.8 Å². The molecule has 2 aromatic rings. The Kier molecular flexibility index (Phi) is 23.3. The van der Waals surface area contributed by atoms with Gasteiger partial charge in [0.2, 0.25) is 23.6 Å². The molecule has 0 aliphatic carbocycles. The monoisotopic (exact) mass is 1060 g/mol. The number of alkyl halides is 3. The minimum Gasteiger partial charge on any atom is -0.459 e. The summed E-state index contributed by atoms with van der Waals surface area (Å²) in [5.41, 5.74) is -3.32. The fraction of sp³-hybridized carbons (Fsp3) is 0.564. The van der Waals surface area contributed by atoms with Crippen molar-refractivity contribution in [2.45, 2.75) is 149 Å². The van der Waals surface area contributed by atoms with Crippen LogP contribution in [0.2, 0.25) is 0 Å². The van der Waals surface area contributed by atoms with Crippen LogP contribution in [-0.2, 0) is 69.3 Å². The first-order valence-electron chi connectivity index (χ1n) is 25.1. The molecule has 414 valence electrons. The van der Waals surface area contributed by atoms with Crippen LogP contribution in [0.15, 0.2) is 84.0 Å². The molecule has 1 heterocycles. The van der Waals surface area contributed by atoms with Crippen LogP contribution in [0.3, 0.4) is 0 Å². The molecule has 2 N–H and O–H groups in total. The SMILES string of the molecule is C/C=C(\C)[C@H]1OC(=O)[C@@H](C)N(C)C(=O)[C@H]([C@@H](C)CC)NC(=O)CN(C)C(=O)[C@@H](Cc2ccccc2)N(C)C(=O)[C@H](C)NC(=O)[C@@H](CC(C)C)OC(=O)/C(C)=C/C[C@H](OC(=O)[C@](OC)(c2ccccc2)C(F)(F)F)[C@@H]1C. The Labute approximate surface area is 438 Å². The van der Waals surface area contributed by atoms with Gasteiger partial charge in [0.15, 0.2) is 6.10 Å². The van der Waals surface area contributed by atoms with E-state index in [-0.39, 0.29) is 24.3 Å². The second-order valence-corrected chi connectivity index (χ2v) is 19.7. The zero-order chi connectivity index (χ0) is 56.7. The summed E-state index contributed by atoms with van der Waals surface area (Å²) in [6.07, 6.45) is -7.00. The second-order valence-electron chi connectivity index (χ2n) is 19.7. The number of hydrogen-bond donors (Lipinski definition) is 2. The van der Waals surface area contributed by atoms with E-state index in [0.717, 1.165) is 26.8 Å². The van der Waals surface area contributed by atoms with Crippen LogP contribution in [0.1, 0.15) is 99.6 Å². The number of ether oxygens (including phenoxy) is 4. The van der Waals surface area contributed by atoms with Gasteiger partial charge < -0.3 is 44.3 Å². The van der Waals surface area contributed by atoms with Crippen LogP contribution in [0.5, 0.6) is 0 Å². The highest BCUT2D eigenvalue weighted by molar-refractivity contribution is 5.96. The Bertz CT molecular complexity index is 2380. The molecule has 20 heteroatoms. The van der Waals surface area contributed by atoms with E-state index in [1.807, 2.05) is 0 Å². The molecule has 0 unspecified atom stereocenters. The smallest absolute Gasteiger partial charge is 0.432 e. The largest absolute Gasteiger partial charge is 0.459 e. The average molecular weight is 1060 g/mol. The van der Waals surface area contributed by atoms with Gasteiger partial charge in [0, 0.05) is 58.1 Å². The standard InChI is InChI=1S/C55H76F3N5O12/c1-15-33(5)45-50(68)62(12)38(10)52(70)75-46(34(6)16-2)36(8)42(74-53(71)54(72-14,55(56,57)58)40-25-21-18-22-26-40)28-27-35(7)51(69)73-43(29-32(3)4)47(65)59-37(9)48(66)63(13)41(30-39-23-19-17-20-24-39)49(67)61(11)31-44(64)60-45/h16-27,32-33,36-38,41-43,45-46H,15,28-31H2,1-14H3,(H,59,65)(H,60,64)/b34-16+,35-27+/t33-,36-,37-,38+,41+,42-,43+,45-,46+,54+/m0/s1. The van der Waals surface area contributed by atoms with Gasteiger partial charge >= 0.3 is 24.1 Å². The number of nitrogens with one attached hydrogen (secondary N) is 2. The number of esters is 3. The molecular formula is C55H76F3N5O12. The number of cyclic esters (lactones) is 2. The van der Waals surface area contributed by atoms with E-state index in [1.165, 1.54) is 73.1 Å². The van der Waals surface area contributed by atoms with Crippen LogP contribution in [0.25, 0.3) is 0 Å². The highest BCUT2D eigenvalue weighted by Crippen LogP contribution is 2.44. The number of nitrogens with zero attached hydrogens (tertiary/aromatic N) is 3. The zero-order valence-electron chi connectivity index (χ0n) is 45.6. The maximum absolute atomic E-state index is 15.2. The first-order chi connectivity index (χ1) is 35.1. The lowest BCUT2D eigenvalue weighted by Crippen LogP contribution is -2.58. The molecule has 0 saturated heterocycles. The number of benzene rings is 2. The number of methoxy groups -OCH3 is 1. The van der Waals surface area contributed by atoms with Crippen LogP contribution in [0, 0.1) is 17.8 Å². The number of carbonyl (C=O) groups excluding carboxylic acids is 8. The molecule has 0 fully saturated rings. The molecule has 0 radical (unpaired) electrons. The summed E-state index contributed by atoms with van der Waals surface area (Å²) in [5.74, 6) is -9.35. The summed E-state index contributed by atoms with van der Waals surface area (Å²) in [5, 5.41) is 5.34. The van der Waals surface area contributed by atoms with Gasteiger partial charge in [-0.25, -0.2) is 14.4 Å². The molecule has 1 aliphatic heterocycles. The van der Waals surface area contributed by atoms with E-state index >= 15 is 13.2 Å². The summed E-state index contributed by atoms with van der Waals surface area (Å²) in [6.45, 7) is 15.3.